The molecule has 7 heteroatoms. The van der Waals surface area contributed by atoms with Gasteiger partial charge in [0.1, 0.15) is 0 Å². The van der Waals surface area contributed by atoms with Crippen molar-refractivity contribution in [2.75, 3.05) is 14.2 Å². The average Bonchev–Trinajstić information content (AvgIpc) is 2.60. The molecule has 1 aliphatic rings. The first-order chi connectivity index (χ1) is 12.4. The van der Waals surface area contributed by atoms with E-state index in [1.54, 1.807) is 39.2 Å². The molecule has 0 aromatic heterocycles. The van der Waals surface area contributed by atoms with E-state index >= 15 is 0 Å². The van der Waals surface area contributed by atoms with Crippen LogP contribution < -0.4 is 20.1 Å². The summed E-state index contributed by atoms with van der Waals surface area (Å²) in [4.78, 5) is 24.9. The molecule has 0 saturated heterocycles. The van der Waals surface area contributed by atoms with Crippen LogP contribution in [0.15, 0.2) is 29.5 Å². The van der Waals surface area contributed by atoms with Crippen molar-refractivity contribution in [3.63, 3.8) is 0 Å². The smallest absolute Gasteiger partial charge is 0.338 e. The molecule has 142 valence electrons. The molecule has 2 N–H and O–H groups in total. The number of benzene rings is 1. The number of urea groups is 1. The normalized spacial score (nSPS) is 16.8. The van der Waals surface area contributed by atoms with Gasteiger partial charge in [0, 0.05) is 5.70 Å². The molecule has 1 unspecified atom stereocenters. The Morgan fingerprint density at radius 1 is 1.19 bits per heavy atom. The largest absolute Gasteiger partial charge is 0.493 e. The lowest BCUT2D eigenvalue weighted by Crippen LogP contribution is -2.46. The van der Waals surface area contributed by atoms with Crippen molar-refractivity contribution >= 4 is 12.0 Å². The van der Waals surface area contributed by atoms with Gasteiger partial charge < -0.3 is 24.8 Å². The van der Waals surface area contributed by atoms with Gasteiger partial charge in [0.25, 0.3) is 0 Å². The third-order valence-corrected chi connectivity index (χ3v) is 3.96. The second-order valence-corrected chi connectivity index (χ2v) is 6.24. The summed E-state index contributed by atoms with van der Waals surface area (Å²) >= 11 is 0. The van der Waals surface area contributed by atoms with Crippen LogP contribution in [0.25, 0.3) is 0 Å². The van der Waals surface area contributed by atoms with Gasteiger partial charge in [0.15, 0.2) is 11.5 Å². The second kappa shape index (κ2) is 8.60. The fraction of sp³-hybridized carbons (Fsp3) is 0.474. The summed E-state index contributed by atoms with van der Waals surface area (Å²) in [5, 5.41) is 5.55. The SMILES string of the molecule is CCCC1=C(C(=O)OC(C)C)C(c2ccc(OC)c(OC)c2)NC(=O)N1. The van der Waals surface area contributed by atoms with Crippen molar-refractivity contribution in [1.82, 2.24) is 10.6 Å². The lowest BCUT2D eigenvalue weighted by atomic mass is 9.93. The first-order valence-corrected chi connectivity index (χ1v) is 8.64. The Hall–Kier alpha value is -2.70. The van der Waals surface area contributed by atoms with E-state index in [0.29, 0.717) is 34.8 Å². The fourth-order valence-electron chi connectivity index (χ4n) is 2.87. The van der Waals surface area contributed by atoms with Gasteiger partial charge in [-0.05, 0) is 38.0 Å². The zero-order valence-corrected chi connectivity index (χ0v) is 15.8. The van der Waals surface area contributed by atoms with Gasteiger partial charge >= 0.3 is 12.0 Å². The van der Waals surface area contributed by atoms with Crippen molar-refractivity contribution in [3.8, 4) is 11.5 Å². The van der Waals surface area contributed by atoms with Gasteiger partial charge in [-0.1, -0.05) is 19.4 Å². The predicted octanol–water partition coefficient (Wildman–Crippen LogP) is 3.06. The number of ether oxygens (including phenoxy) is 3. The monoisotopic (exact) mass is 362 g/mol. The molecule has 2 rings (SSSR count). The summed E-state index contributed by atoms with van der Waals surface area (Å²) in [6.45, 7) is 5.56. The van der Waals surface area contributed by atoms with Crippen LogP contribution in [0.1, 0.15) is 45.2 Å². The molecule has 0 fully saturated rings. The number of esters is 1. The Morgan fingerprint density at radius 2 is 1.88 bits per heavy atom. The summed E-state index contributed by atoms with van der Waals surface area (Å²) in [6.07, 6.45) is 1.09. The van der Waals surface area contributed by atoms with Crippen molar-refractivity contribution in [2.45, 2.75) is 45.8 Å². The maximum Gasteiger partial charge on any atom is 0.338 e. The third kappa shape index (κ3) is 4.28. The van der Waals surface area contributed by atoms with E-state index in [2.05, 4.69) is 10.6 Å². The molecule has 2 amide bonds. The van der Waals surface area contributed by atoms with E-state index in [-0.39, 0.29) is 12.1 Å². The molecule has 0 aliphatic carbocycles. The summed E-state index contributed by atoms with van der Waals surface area (Å²) in [5.41, 5.74) is 1.70. The molecule has 1 aromatic rings. The number of methoxy groups -OCH3 is 2. The number of hydrogen-bond donors (Lipinski definition) is 2. The molecule has 0 spiro atoms. The zero-order valence-electron chi connectivity index (χ0n) is 15.8. The maximum absolute atomic E-state index is 12.7. The van der Waals surface area contributed by atoms with Gasteiger partial charge in [-0.3, -0.25) is 0 Å². The molecule has 0 radical (unpaired) electrons. The van der Waals surface area contributed by atoms with E-state index in [9.17, 15) is 9.59 Å². The van der Waals surface area contributed by atoms with Crippen molar-refractivity contribution < 1.29 is 23.8 Å². The second-order valence-electron chi connectivity index (χ2n) is 6.24. The molecule has 1 aromatic carbocycles. The van der Waals surface area contributed by atoms with Gasteiger partial charge in [0.2, 0.25) is 0 Å². The topological polar surface area (TPSA) is 85.9 Å². The Bertz CT molecular complexity index is 712. The summed E-state index contributed by atoms with van der Waals surface area (Å²) in [6, 6.07) is 4.31. The lowest BCUT2D eigenvalue weighted by Gasteiger charge is -2.30. The number of amides is 2. The molecule has 1 aliphatic heterocycles. The van der Waals surface area contributed by atoms with E-state index in [1.807, 2.05) is 6.92 Å². The Morgan fingerprint density at radius 3 is 2.46 bits per heavy atom. The van der Waals surface area contributed by atoms with Crippen LogP contribution in [0.2, 0.25) is 0 Å². The van der Waals surface area contributed by atoms with Crippen molar-refractivity contribution in [3.05, 3.63) is 35.0 Å². The zero-order chi connectivity index (χ0) is 19.3. The van der Waals surface area contributed by atoms with E-state index in [0.717, 1.165) is 6.42 Å². The van der Waals surface area contributed by atoms with Crippen molar-refractivity contribution in [2.24, 2.45) is 0 Å². The van der Waals surface area contributed by atoms with E-state index < -0.39 is 12.0 Å². The highest BCUT2D eigenvalue weighted by Gasteiger charge is 2.34. The van der Waals surface area contributed by atoms with Crippen molar-refractivity contribution in [1.29, 1.82) is 0 Å². The van der Waals surface area contributed by atoms with Gasteiger partial charge in [0.05, 0.1) is 31.9 Å². The molecule has 26 heavy (non-hydrogen) atoms. The number of carbonyl (C=O) groups is 2. The van der Waals surface area contributed by atoms with Crippen LogP contribution in [0.4, 0.5) is 4.79 Å². The predicted molar refractivity (Wildman–Crippen MR) is 97.1 cm³/mol. The van der Waals surface area contributed by atoms with Crippen LogP contribution in [-0.2, 0) is 9.53 Å². The highest BCUT2D eigenvalue weighted by molar-refractivity contribution is 5.95. The van der Waals surface area contributed by atoms with Gasteiger partial charge in [-0.2, -0.15) is 0 Å². The molecule has 0 bridgehead atoms. The summed E-state index contributed by atoms with van der Waals surface area (Å²) in [5.74, 6) is 0.641. The first kappa shape index (κ1) is 19.6. The maximum atomic E-state index is 12.7. The lowest BCUT2D eigenvalue weighted by molar-refractivity contribution is -0.143. The van der Waals surface area contributed by atoms with Crippen LogP contribution in [-0.4, -0.2) is 32.3 Å². The average molecular weight is 362 g/mol. The molecule has 0 saturated carbocycles. The molecular weight excluding hydrogens is 336 g/mol. The number of allylic oxidation sites excluding steroid dienone is 1. The number of carbonyl (C=O) groups excluding carboxylic acids is 2. The number of nitrogens with one attached hydrogen (secondary N) is 2. The number of rotatable bonds is 7. The minimum Gasteiger partial charge on any atom is -0.493 e. The molecule has 1 atom stereocenters. The first-order valence-electron chi connectivity index (χ1n) is 8.64. The standard InChI is InChI=1S/C19H26N2O5/c1-6-7-13-16(18(22)26-11(2)3)17(21-19(23)20-13)12-8-9-14(24-4)15(10-12)25-5/h8-11,17H,6-7H2,1-5H3,(H2,20,21,23). The minimum absolute atomic E-state index is 0.262. The number of hydrogen-bond acceptors (Lipinski definition) is 5. The summed E-state index contributed by atoms with van der Waals surface area (Å²) in [7, 11) is 3.09. The molecule has 1 heterocycles. The van der Waals surface area contributed by atoms with E-state index in [1.165, 1.54) is 7.11 Å². The van der Waals surface area contributed by atoms with Crippen LogP contribution in [0, 0.1) is 0 Å². The van der Waals surface area contributed by atoms with Crippen LogP contribution >= 0.6 is 0 Å². The van der Waals surface area contributed by atoms with Crippen LogP contribution in [0.5, 0.6) is 11.5 Å². The Kier molecular flexibility index (Phi) is 6.49. The minimum atomic E-state index is -0.628. The molecular formula is C19H26N2O5. The van der Waals surface area contributed by atoms with E-state index in [4.69, 9.17) is 14.2 Å². The summed E-state index contributed by atoms with van der Waals surface area (Å²) < 4.78 is 16.0. The highest BCUT2D eigenvalue weighted by Crippen LogP contribution is 2.35. The Balaban J connectivity index is 2.53. The van der Waals surface area contributed by atoms with Gasteiger partial charge in [-0.25, -0.2) is 9.59 Å². The van der Waals surface area contributed by atoms with Crippen LogP contribution in [0.3, 0.4) is 0 Å². The quantitative estimate of drug-likeness (QED) is 0.728. The third-order valence-electron chi connectivity index (χ3n) is 3.96. The highest BCUT2D eigenvalue weighted by atomic mass is 16.5. The fourth-order valence-corrected chi connectivity index (χ4v) is 2.87. The Labute approximate surface area is 153 Å². The van der Waals surface area contributed by atoms with Gasteiger partial charge in [-0.15, -0.1) is 0 Å². The molecule has 7 nitrogen and oxygen atoms in total.